The zero-order valence-electron chi connectivity index (χ0n) is 9.77. The van der Waals surface area contributed by atoms with E-state index in [1.54, 1.807) is 11.8 Å². The minimum absolute atomic E-state index is 0.701. The molecule has 0 fully saturated rings. The van der Waals surface area contributed by atoms with Crippen molar-refractivity contribution in [1.29, 1.82) is 0 Å². The molecule has 1 heterocycles. The molecule has 0 atom stereocenters. The van der Waals surface area contributed by atoms with Crippen molar-refractivity contribution >= 4 is 18.0 Å². The largest absolute Gasteiger partial charge is 0.361 e. The van der Waals surface area contributed by atoms with E-state index < -0.39 is 0 Å². The van der Waals surface area contributed by atoms with Gasteiger partial charge in [-0.1, -0.05) is 17.3 Å². The van der Waals surface area contributed by atoms with Gasteiger partial charge in [-0.05, 0) is 26.0 Å². The smallest absolute Gasteiger partial charge is 0.150 e. The second-order valence-corrected chi connectivity index (χ2v) is 4.83. The predicted molar refractivity (Wildman–Crippen MR) is 67.4 cm³/mol. The van der Waals surface area contributed by atoms with E-state index in [9.17, 15) is 4.79 Å². The van der Waals surface area contributed by atoms with E-state index in [1.807, 2.05) is 38.1 Å². The van der Waals surface area contributed by atoms with Crippen molar-refractivity contribution in [3.8, 4) is 0 Å². The van der Waals surface area contributed by atoms with Crippen molar-refractivity contribution in [1.82, 2.24) is 5.16 Å². The standard InChI is InChI=1S/C13H13NO2S/c1-9-13(10(2)16-14-9)8-17-12-5-3-11(7-15)4-6-12/h3-7H,8H2,1-2H3. The number of hydrogen-bond donors (Lipinski definition) is 0. The normalized spacial score (nSPS) is 10.5. The van der Waals surface area contributed by atoms with Crippen LogP contribution in [0.5, 0.6) is 0 Å². The first kappa shape index (κ1) is 11.9. The van der Waals surface area contributed by atoms with Crippen LogP contribution in [0.1, 0.15) is 27.4 Å². The fourth-order valence-electron chi connectivity index (χ4n) is 1.51. The highest BCUT2D eigenvalue weighted by molar-refractivity contribution is 7.98. The maximum absolute atomic E-state index is 10.5. The zero-order chi connectivity index (χ0) is 12.3. The van der Waals surface area contributed by atoms with Gasteiger partial charge in [0.15, 0.2) is 0 Å². The maximum atomic E-state index is 10.5. The van der Waals surface area contributed by atoms with Crippen LogP contribution in [0.4, 0.5) is 0 Å². The summed E-state index contributed by atoms with van der Waals surface area (Å²) in [6.45, 7) is 3.87. The summed E-state index contributed by atoms with van der Waals surface area (Å²) in [4.78, 5) is 11.7. The van der Waals surface area contributed by atoms with Crippen molar-refractivity contribution < 1.29 is 9.32 Å². The molecule has 0 saturated carbocycles. The van der Waals surface area contributed by atoms with Gasteiger partial charge in [-0.2, -0.15) is 0 Å². The van der Waals surface area contributed by atoms with Gasteiger partial charge < -0.3 is 4.52 Å². The Labute approximate surface area is 104 Å². The SMILES string of the molecule is Cc1noc(C)c1CSc1ccc(C=O)cc1. The van der Waals surface area contributed by atoms with Crippen molar-refractivity contribution in [3.63, 3.8) is 0 Å². The van der Waals surface area contributed by atoms with Crippen molar-refractivity contribution in [2.45, 2.75) is 24.5 Å². The lowest BCUT2D eigenvalue weighted by Crippen LogP contribution is -1.85. The van der Waals surface area contributed by atoms with Gasteiger partial charge in [-0.15, -0.1) is 11.8 Å². The van der Waals surface area contributed by atoms with Gasteiger partial charge in [0.1, 0.15) is 12.0 Å². The molecule has 0 amide bonds. The van der Waals surface area contributed by atoms with Crippen LogP contribution in [0.25, 0.3) is 0 Å². The highest BCUT2D eigenvalue weighted by Gasteiger charge is 2.08. The third-order valence-corrected chi connectivity index (χ3v) is 3.62. The zero-order valence-corrected chi connectivity index (χ0v) is 10.6. The number of nitrogens with zero attached hydrogens (tertiary/aromatic N) is 1. The highest BCUT2D eigenvalue weighted by atomic mass is 32.2. The molecule has 0 aliphatic carbocycles. The van der Waals surface area contributed by atoms with Gasteiger partial charge in [0.2, 0.25) is 0 Å². The Morgan fingerprint density at radius 2 is 2.00 bits per heavy atom. The number of aromatic nitrogens is 1. The van der Waals surface area contributed by atoms with Crippen LogP contribution in [0.2, 0.25) is 0 Å². The molecule has 0 unspecified atom stereocenters. The molecule has 0 N–H and O–H groups in total. The van der Waals surface area contributed by atoms with Crippen LogP contribution in [-0.2, 0) is 5.75 Å². The number of aryl methyl sites for hydroxylation is 2. The third kappa shape index (κ3) is 2.77. The summed E-state index contributed by atoms with van der Waals surface area (Å²) in [6.07, 6.45) is 0.850. The second-order valence-electron chi connectivity index (χ2n) is 3.78. The first-order chi connectivity index (χ1) is 8.20. The molecule has 88 valence electrons. The van der Waals surface area contributed by atoms with Crippen LogP contribution < -0.4 is 0 Å². The first-order valence-electron chi connectivity index (χ1n) is 5.30. The molecular formula is C13H13NO2S. The Hall–Kier alpha value is -1.55. The van der Waals surface area contributed by atoms with Crippen molar-refractivity contribution in [2.24, 2.45) is 0 Å². The molecule has 0 saturated heterocycles. The van der Waals surface area contributed by atoms with Crippen LogP contribution in [-0.4, -0.2) is 11.4 Å². The quantitative estimate of drug-likeness (QED) is 0.613. The first-order valence-corrected chi connectivity index (χ1v) is 6.29. The van der Waals surface area contributed by atoms with Gasteiger partial charge in [0.25, 0.3) is 0 Å². The predicted octanol–water partition coefficient (Wildman–Crippen LogP) is 3.40. The minimum Gasteiger partial charge on any atom is -0.361 e. The summed E-state index contributed by atoms with van der Waals surface area (Å²) >= 11 is 1.71. The molecule has 1 aromatic heterocycles. The molecule has 0 spiro atoms. The molecule has 4 heteroatoms. The van der Waals surface area contributed by atoms with Crippen LogP contribution in [0.3, 0.4) is 0 Å². The monoisotopic (exact) mass is 247 g/mol. The van der Waals surface area contributed by atoms with E-state index in [1.165, 1.54) is 0 Å². The molecule has 3 nitrogen and oxygen atoms in total. The Morgan fingerprint density at radius 1 is 1.29 bits per heavy atom. The molecule has 2 rings (SSSR count). The number of aldehydes is 1. The molecule has 17 heavy (non-hydrogen) atoms. The number of rotatable bonds is 4. The Morgan fingerprint density at radius 3 is 2.53 bits per heavy atom. The lowest BCUT2D eigenvalue weighted by molar-refractivity contribution is 0.112. The topological polar surface area (TPSA) is 43.1 Å². The van der Waals surface area contributed by atoms with Gasteiger partial charge >= 0.3 is 0 Å². The van der Waals surface area contributed by atoms with Gasteiger partial charge in [0.05, 0.1) is 5.69 Å². The van der Waals surface area contributed by atoms with Gasteiger partial charge in [0, 0.05) is 21.8 Å². The van der Waals surface area contributed by atoms with Crippen molar-refractivity contribution in [3.05, 3.63) is 46.8 Å². The Kier molecular flexibility index (Phi) is 3.64. The third-order valence-electron chi connectivity index (χ3n) is 2.58. The molecule has 2 aromatic rings. The van der Waals surface area contributed by atoms with E-state index >= 15 is 0 Å². The van der Waals surface area contributed by atoms with E-state index in [2.05, 4.69) is 5.16 Å². The highest BCUT2D eigenvalue weighted by Crippen LogP contribution is 2.26. The summed E-state index contributed by atoms with van der Waals surface area (Å²) < 4.78 is 5.11. The summed E-state index contributed by atoms with van der Waals surface area (Å²) in [7, 11) is 0. The molecule has 1 aromatic carbocycles. The van der Waals surface area contributed by atoms with Crippen LogP contribution >= 0.6 is 11.8 Å². The van der Waals surface area contributed by atoms with Crippen LogP contribution in [0, 0.1) is 13.8 Å². The lowest BCUT2D eigenvalue weighted by atomic mass is 10.2. The molecule has 0 aliphatic rings. The number of hydrogen-bond acceptors (Lipinski definition) is 4. The Balaban J connectivity index is 2.04. The number of carbonyl (C=O) groups excluding carboxylic acids is 1. The molecule has 0 radical (unpaired) electrons. The van der Waals surface area contributed by atoms with Crippen LogP contribution in [0.15, 0.2) is 33.7 Å². The molecular weight excluding hydrogens is 234 g/mol. The van der Waals surface area contributed by atoms with Gasteiger partial charge in [-0.3, -0.25) is 4.79 Å². The van der Waals surface area contributed by atoms with Crippen molar-refractivity contribution in [2.75, 3.05) is 0 Å². The summed E-state index contributed by atoms with van der Waals surface area (Å²) in [5, 5.41) is 3.92. The second kappa shape index (κ2) is 5.19. The average molecular weight is 247 g/mol. The summed E-state index contributed by atoms with van der Waals surface area (Å²) in [5.74, 6) is 1.71. The number of benzene rings is 1. The fraction of sp³-hybridized carbons (Fsp3) is 0.231. The van der Waals surface area contributed by atoms with E-state index in [0.717, 1.165) is 34.0 Å². The number of thioether (sulfide) groups is 1. The lowest BCUT2D eigenvalue weighted by Gasteiger charge is -2.01. The molecule has 0 aliphatic heterocycles. The maximum Gasteiger partial charge on any atom is 0.150 e. The summed E-state index contributed by atoms with van der Waals surface area (Å²) in [5.41, 5.74) is 2.79. The van der Waals surface area contributed by atoms with Gasteiger partial charge in [-0.25, -0.2) is 0 Å². The average Bonchev–Trinajstić information content (AvgIpc) is 2.67. The molecule has 0 bridgehead atoms. The van der Waals surface area contributed by atoms with E-state index in [4.69, 9.17) is 4.52 Å². The summed E-state index contributed by atoms with van der Waals surface area (Å²) in [6, 6.07) is 7.55. The minimum atomic E-state index is 0.701. The van der Waals surface area contributed by atoms with E-state index in [-0.39, 0.29) is 0 Å². The Bertz CT molecular complexity index is 497. The fourth-order valence-corrected chi connectivity index (χ4v) is 2.56. The number of carbonyl (C=O) groups is 1. The van der Waals surface area contributed by atoms with E-state index in [0.29, 0.717) is 5.56 Å².